The molecule has 1 saturated carbocycles. The van der Waals surface area contributed by atoms with E-state index in [2.05, 4.69) is 21.5 Å². The number of hydrogen-bond acceptors (Lipinski definition) is 3. The van der Waals surface area contributed by atoms with Gasteiger partial charge in [0.1, 0.15) is 0 Å². The molecule has 2 rings (SSSR count). The maximum atomic E-state index is 9.18. The van der Waals surface area contributed by atoms with Crippen LogP contribution in [0.3, 0.4) is 0 Å². The fourth-order valence-corrected chi connectivity index (χ4v) is 2.09. The average Bonchev–Trinajstić information content (AvgIpc) is 2.65. The molecule has 0 unspecified atom stereocenters. The van der Waals surface area contributed by atoms with Crippen LogP contribution < -0.4 is 0 Å². The highest BCUT2D eigenvalue weighted by molar-refractivity contribution is 4.81. The Labute approximate surface area is 90.5 Å². The predicted octanol–water partition coefficient (Wildman–Crippen LogP) is 0.586. The van der Waals surface area contributed by atoms with Gasteiger partial charge in [0.15, 0.2) is 0 Å². The molecule has 1 aromatic heterocycles. The van der Waals surface area contributed by atoms with E-state index in [1.165, 1.54) is 0 Å². The Morgan fingerprint density at radius 2 is 2.33 bits per heavy atom. The molecule has 0 aromatic carbocycles. The first kappa shape index (κ1) is 10.6. The molecule has 0 atom stereocenters. The molecule has 0 bridgehead atoms. The SMILES string of the molecule is CN(CCn1ccnc1)CC1CC(O)C1. The monoisotopic (exact) mass is 209 g/mol. The number of aliphatic hydroxyl groups is 1. The normalized spacial score (nSPS) is 25.5. The number of rotatable bonds is 5. The molecule has 0 saturated heterocycles. The van der Waals surface area contributed by atoms with Gasteiger partial charge in [-0.05, 0) is 25.8 Å². The summed E-state index contributed by atoms with van der Waals surface area (Å²) in [5.41, 5.74) is 0. The van der Waals surface area contributed by atoms with Gasteiger partial charge in [-0.3, -0.25) is 0 Å². The first-order valence-electron chi connectivity index (χ1n) is 5.56. The second-order valence-electron chi connectivity index (χ2n) is 4.55. The van der Waals surface area contributed by atoms with E-state index in [9.17, 15) is 5.11 Å². The molecule has 1 fully saturated rings. The van der Waals surface area contributed by atoms with Gasteiger partial charge in [0.05, 0.1) is 12.4 Å². The maximum absolute atomic E-state index is 9.18. The lowest BCUT2D eigenvalue weighted by molar-refractivity contribution is 0.0280. The molecule has 84 valence electrons. The number of imidazole rings is 1. The molecule has 1 N–H and O–H groups in total. The molecule has 4 nitrogen and oxygen atoms in total. The molecule has 1 aliphatic rings. The highest BCUT2D eigenvalue weighted by atomic mass is 16.3. The van der Waals surface area contributed by atoms with Crippen molar-refractivity contribution in [3.63, 3.8) is 0 Å². The molecule has 0 radical (unpaired) electrons. The van der Waals surface area contributed by atoms with E-state index in [4.69, 9.17) is 0 Å². The van der Waals surface area contributed by atoms with Crippen LogP contribution in [0, 0.1) is 5.92 Å². The van der Waals surface area contributed by atoms with Gasteiger partial charge in [0.2, 0.25) is 0 Å². The first-order valence-corrected chi connectivity index (χ1v) is 5.56. The maximum Gasteiger partial charge on any atom is 0.0946 e. The second kappa shape index (κ2) is 4.77. The molecule has 1 aliphatic carbocycles. The largest absolute Gasteiger partial charge is 0.393 e. The Morgan fingerprint density at radius 1 is 1.53 bits per heavy atom. The van der Waals surface area contributed by atoms with Crippen LogP contribution in [-0.4, -0.2) is 45.8 Å². The van der Waals surface area contributed by atoms with Crippen molar-refractivity contribution in [2.75, 3.05) is 20.1 Å². The van der Waals surface area contributed by atoms with Crippen molar-refractivity contribution in [2.24, 2.45) is 5.92 Å². The standard InChI is InChI=1S/C11H19N3O/c1-13(8-10-6-11(15)7-10)4-5-14-3-2-12-9-14/h2-3,9-11,15H,4-8H2,1H3. The molecule has 1 heterocycles. The molecular formula is C11H19N3O. The van der Waals surface area contributed by atoms with Crippen molar-refractivity contribution >= 4 is 0 Å². The minimum atomic E-state index is -0.0305. The average molecular weight is 209 g/mol. The van der Waals surface area contributed by atoms with E-state index in [1.807, 2.05) is 18.7 Å². The zero-order chi connectivity index (χ0) is 10.7. The summed E-state index contributed by atoms with van der Waals surface area (Å²) in [5, 5.41) is 9.18. The lowest BCUT2D eigenvalue weighted by Gasteiger charge is -2.34. The Kier molecular flexibility index (Phi) is 3.38. The molecule has 0 spiro atoms. The topological polar surface area (TPSA) is 41.3 Å². The fourth-order valence-electron chi connectivity index (χ4n) is 2.09. The number of aliphatic hydroxyl groups excluding tert-OH is 1. The Morgan fingerprint density at radius 3 is 2.93 bits per heavy atom. The zero-order valence-corrected chi connectivity index (χ0v) is 9.21. The van der Waals surface area contributed by atoms with E-state index >= 15 is 0 Å². The van der Waals surface area contributed by atoms with E-state index in [0.29, 0.717) is 5.92 Å². The molecule has 4 heteroatoms. The minimum Gasteiger partial charge on any atom is -0.393 e. The Balaban J connectivity index is 1.62. The van der Waals surface area contributed by atoms with Crippen LogP contribution in [0.1, 0.15) is 12.8 Å². The van der Waals surface area contributed by atoms with Crippen LogP contribution in [0.5, 0.6) is 0 Å². The van der Waals surface area contributed by atoms with Crippen molar-refractivity contribution < 1.29 is 5.11 Å². The van der Waals surface area contributed by atoms with E-state index < -0.39 is 0 Å². The lowest BCUT2D eigenvalue weighted by Crippen LogP contribution is -2.38. The van der Waals surface area contributed by atoms with Gasteiger partial charge in [-0.15, -0.1) is 0 Å². The van der Waals surface area contributed by atoms with Gasteiger partial charge >= 0.3 is 0 Å². The number of aromatic nitrogens is 2. The third-order valence-electron chi connectivity index (χ3n) is 3.08. The van der Waals surface area contributed by atoms with Crippen molar-refractivity contribution in [1.82, 2.24) is 14.5 Å². The smallest absolute Gasteiger partial charge is 0.0946 e. The number of hydrogen-bond donors (Lipinski definition) is 1. The third-order valence-corrected chi connectivity index (χ3v) is 3.08. The fraction of sp³-hybridized carbons (Fsp3) is 0.727. The molecule has 0 amide bonds. The summed E-state index contributed by atoms with van der Waals surface area (Å²) < 4.78 is 2.09. The van der Waals surface area contributed by atoms with Crippen LogP contribution in [0.15, 0.2) is 18.7 Å². The highest BCUT2D eigenvalue weighted by Crippen LogP contribution is 2.27. The number of likely N-dealkylation sites (N-methyl/N-ethyl adjacent to an activating group) is 1. The van der Waals surface area contributed by atoms with E-state index in [-0.39, 0.29) is 6.10 Å². The van der Waals surface area contributed by atoms with Gasteiger partial charge in [-0.1, -0.05) is 0 Å². The van der Waals surface area contributed by atoms with Gasteiger partial charge in [0, 0.05) is 32.0 Å². The zero-order valence-electron chi connectivity index (χ0n) is 9.21. The summed E-state index contributed by atoms with van der Waals surface area (Å²) >= 11 is 0. The second-order valence-corrected chi connectivity index (χ2v) is 4.55. The Hall–Kier alpha value is -0.870. The van der Waals surface area contributed by atoms with Crippen LogP contribution in [0.2, 0.25) is 0 Å². The summed E-state index contributed by atoms with van der Waals surface area (Å²) in [6, 6.07) is 0. The summed E-state index contributed by atoms with van der Waals surface area (Å²) in [5.74, 6) is 0.702. The summed E-state index contributed by atoms with van der Waals surface area (Å²) in [7, 11) is 2.14. The van der Waals surface area contributed by atoms with Gasteiger partial charge in [0.25, 0.3) is 0 Å². The van der Waals surface area contributed by atoms with E-state index in [1.54, 1.807) is 0 Å². The van der Waals surface area contributed by atoms with Crippen molar-refractivity contribution in [3.05, 3.63) is 18.7 Å². The van der Waals surface area contributed by atoms with Crippen LogP contribution in [0.4, 0.5) is 0 Å². The van der Waals surface area contributed by atoms with Crippen LogP contribution in [-0.2, 0) is 6.54 Å². The summed E-state index contributed by atoms with van der Waals surface area (Å²) in [6.45, 7) is 3.14. The summed E-state index contributed by atoms with van der Waals surface area (Å²) in [6.07, 6.45) is 7.58. The van der Waals surface area contributed by atoms with E-state index in [0.717, 1.165) is 32.5 Å². The van der Waals surface area contributed by atoms with Crippen molar-refractivity contribution in [2.45, 2.75) is 25.5 Å². The van der Waals surface area contributed by atoms with Crippen molar-refractivity contribution in [3.8, 4) is 0 Å². The third kappa shape index (κ3) is 3.04. The van der Waals surface area contributed by atoms with Gasteiger partial charge in [-0.25, -0.2) is 4.98 Å². The molecule has 1 aromatic rings. The van der Waals surface area contributed by atoms with Crippen LogP contribution >= 0.6 is 0 Å². The molecule has 15 heavy (non-hydrogen) atoms. The Bertz CT molecular complexity index is 280. The van der Waals surface area contributed by atoms with Crippen molar-refractivity contribution in [1.29, 1.82) is 0 Å². The van der Waals surface area contributed by atoms with Gasteiger partial charge in [-0.2, -0.15) is 0 Å². The minimum absolute atomic E-state index is 0.0305. The van der Waals surface area contributed by atoms with Gasteiger partial charge < -0.3 is 14.6 Å². The van der Waals surface area contributed by atoms with Crippen LogP contribution in [0.25, 0.3) is 0 Å². The lowest BCUT2D eigenvalue weighted by atomic mass is 9.82. The number of nitrogens with zero attached hydrogens (tertiary/aromatic N) is 3. The molecule has 0 aliphatic heterocycles. The predicted molar refractivity (Wildman–Crippen MR) is 58.5 cm³/mol. The quantitative estimate of drug-likeness (QED) is 0.771. The first-order chi connectivity index (χ1) is 7.24. The summed E-state index contributed by atoms with van der Waals surface area (Å²) in [4.78, 5) is 6.34. The molecular weight excluding hydrogens is 190 g/mol. The highest BCUT2D eigenvalue weighted by Gasteiger charge is 2.27.